The molecule has 2 aromatic carbocycles. The van der Waals surface area contributed by atoms with Gasteiger partial charge in [-0.1, -0.05) is 24.3 Å². The Morgan fingerprint density at radius 3 is 2.81 bits per heavy atom. The largest absolute Gasteiger partial charge is 0.454 e. The average Bonchev–Trinajstić information content (AvgIpc) is 3.25. The van der Waals surface area contributed by atoms with Crippen LogP contribution in [0.5, 0.6) is 11.5 Å². The van der Waals surface area contributed by atoms with Crippen LogP contribution in [0.1, 0.15) is 18.1 Å². The second-order valence-electron chi connectivity index (χ2n) is 5.65. The molecular formula is C19H17N3O4. The lowest BCUT2D eigenvalue weighted by molar-refractivity contribution is 0.167. The Balaban J connectivity index is 1.52. The van der Waals surface area contributed by atoms with E-state index >= 15 is 0 Å². The Hall–Kier alpha value is -3.48. The smallest absolute Gasteiger partial charge is 0.413 e. The molecule has 0 radical (unpaired) electrons. The van der Waals surface area contributed by atoms with Crippen LogP contribution in [0.2, 0.25) is 0 Å². The number of H-pyrrole nitrogens is 1. The number of carbonyl (C=O) groups is 1. The number of amides is 1. The summed E-state index contributed by atoms with van der Waals surface area (Å²) in [6, 6.07) is 11.6. The van der Waals surface area contributed by atoms with Gasteiger partial charge in [0, 0.05) is 0 Å². The van der Waals surface area contributed by atoms with E-state index < -0.39 is 6.09 Å². The van der Waals surface area contributed by atoms with Gasteiger partial charge in [-0.25, -0.2) is 9.78 Å². The molecule has 0 aliphatic carbocycles. The van der Waals surface area contributed by atoms with E-state index in [1.165, 1.54) is 0 Å². The van der Waals surface area contributed by atoms with Crippen LogP contribution in [0.4, 0.5) is 10.7 Å². The van der Waals surface area contributed by atoms with Crippen molar-refractivity contribution in [3.05, 3.63) is 47.5 Å². The van der Waals surface area contributed by atoms with E-state index in [2.05, 4.69) is 15.3 Å². The third-order valence-corrected chi connectivity index (χ3v) is 3.87. The summed E-state index contributed by atoms with van der Waals surface area (Å²) in [5.41, 5.74) is 3.60. The van der Waals surface area contributed by atoms with E-state index in [1.807, 2.05) is 48.6 Å². The molecule has 1 aliphatic heterocycles. The number of imidazole rings is 1. The van der Waals surface area contributed by atoms with Gasteiger partial charge in [0.2, 0.25) is 12.7 Å². The highest BCUT2D eigenvalue weighted by molar-refractivity contribution is 5.87. The number of hydrogen-bond donors (Lipinski definition) is 2. The number of rotatable bonds is 4. The molecule has 0 spiro atoms. The maximum atomic E-state index is 11.5. The van der Waals surface area contributed by atoms with Crippen LogP contribution in [0.15, 0.2) is 36.4 Å². The van der Waals surface area contributed by atoms with Crippen molar-refractivity contribution in [1.29, 1.82) is 0 Å². The van der Waals surface area contributed by atoms with Crippen molar-refractivity contribution >= 4 is 35.2 Å². The molecule has 7 heteroatoms. The van der Waals surface area contributed by atoms with E-state index in [-0.39, 0.29) is 6.79 Å². The van der Waals surface area contributed by atoms with Gasteiger partial charge in [0.15, 0.2) is 11.5 Å². The molecule has 0 atom stereocenters. The standard InChI is InChI=1S/C19H17N3O4/c1-2-24-19(23)22-18-20-14-7-5-12(9-15(14)21-18)3-4-13-6-8-16-17(10-13)26-11-25-16/h3-10H,2,11H2,1H3,(H2,20,21,22,23)/b4-3+. The number of ether oxygens (including phenoxy) is 3. The van der Waals surface area contributed by atoms with Gasteiger partial charge < -0.3 is 19.2 Å². The molecule has 0 unspecified atom stereocenters. The number of nitrogens with zero attached hydrogens (tertiary/aromatic N) is 1. The predicted octanol–water partition coefficient (Wildman–Crippen LogP) is 4.03. The fourth-order valence-electron chi connectivity index (χ4n) is 2.66. The second-order valence-corrected chi connectivity index (χ2v) is 5.65. The van der Waals surface area contributed by atoms with Crippen molar-refractivity contribution < 1.29 is 19.0 Å². The number of hydrogen-bond acceptors (Lipinski definition) is 5. The fourth-order valence-corrected chi connectivity index (χ4v) is 2.66. The first-order valence-electron chi connectivity index (χ1n) is 8.22. The van der Waals surface area contributed by atoms with Crippen molar-refractivity contribution in [3.63, 3.8) is 0 Å². The summed E-state index contributed by atoms with van der Waals surface area (Å²) in [4.78, 5) is 18.8. The Labute approximate surface area is 149 Å². The number of nitrogens with one attached hydrogen (secondary N) is 2. The van der Waals surface area contributed by atoms with Gasteiger partial charge in [-0.15, -0.1) is 0 Å². The first-order chi connectivity index (χ1) is 12.7. The van der Waals surface area contributed by atoms with Gasteiger partial charge in [0.05, 0.1) is 17.6 Å². The monoisotopic (exact) mass is 351 g/mol. The van der Waals surface area contributed by atoms with Gasteiger partial charge in [-0.3, -0.25) is 5.32 Å². The summed E-state index contributed by atoms with van der Waals surface area (Å²) >= 11 is 0. The van der Waals surface area contributed by atoms with Crippen molar-refractivity contribution in [2.45, 2.75) is 6.92 Å². The lowest BCUT2D eigenvalue weighted by Crippen LogP contribution is -2.14. The third-order valence-electron chi connectivity index (χ3n) is 3.87. The van der Waals surface area contributed by atoms with E-state index in [4.69, 9.17) is 14.2 Å². The highest BCUT2D eigenvalue weighted by Crippen LogP contribution is 2.33. The third kappa shape index (κ3) is 3.32. The molecule has 0 saturated carbocycles. The highest BCUT2D eigenvalue weighted by atomic mass is 16.7. The molecule has 26 heavy (non-hydrogen) atoms. The van der Waals surface area contributed by atoms with Gasteiger partial charge in [-0.2, -0.15) is 0 Å². The molecule has 2 N–H and O–H groups in total. The summed E-state index contributed by atoms with van der Waals surface area (Å²) in [5.74, 6) is 1.88. The van der Waals surface area contributed by atoms with Gasteiger partial charge in [-0.05, 0) is 42.3 Å². The maximum Gasteiger partial charge on any atom is 0.413 e. The fraction of sp³-hybridized carbons (Fsp3) is 0.158. The molecule has 0 bridgehead atoms. The van der Waals surface area contributed by atoms with Gasteiger partial charge in [0.25, 0.3) is 0 Å². The topological polar surface area (TPSA) is 85.5 Å². The van der Waals surface area contributed by atoms with E-state index in [9.17, 15) is 4.79 Å². The Kier molecular flexibility index (Phi) is 4.18. The summed E-state index contributed by atoms with van der Waals surface area (Å²) in [6.45, 7) is 2.32. The predicted molar refractivity (Wildman–Crippen MR) is 98.2 cm³/mol. The van der Waals surface area contributed by atoms with Crippen LogP contribution in [0.3, 0.4) is 0 Å². The number of fused-ring (bicyclic) bond motifs is 2. The maximum absolute atomic E-state index is 11.5. The molecular weight excluding hydrogens is 334 g/mol. The summed E-state index contributed by atoms with van der Waals surface area (Å²) in [7, 11) is 0. The molecule has 1 aromatic heterocycles. The second kappa shape index (κ2) is 6.79. The molecule has 2 heterocycles. The molecule has 0 fully saturated rings. The lowest BCUT2D eigenvalue weighted by Gasteiger charge is -2.00. The Morgan fingerprint density at radius 2 is 1.96 bits per heavy atom. The molecule has 4 rings (SSSR count). The zero-order valence-corrected chi connectivity index (χ0v) is 14.1. The zero-order chi connectivity index (χ0) is 17.9. The number of benzene rings is 2. The Bertz CT molecular complexity index is 994. The highest BCUT2D eigenvalue weighted by Gasteiger charge is 2.12. The van der Waals surface area contributed by atoms with Crippen LogP contribution >= 0.6 is 0 Å². The van der Waals surface area contributed by atoms with E-state index in [0.29, 0.717) is 12.6 Å². The molecule has 3 aromatic rings. The molecule has 1 amide bonds. The number of aromatic amines is 1. The molecule has 132 valence electrons. The minimum absolute atomic E-state index is 0.265. The van der Waals surface area contributed by atoms with Crippen molar-refractivity contribution in [3.8, 4) is 11.5 Å². The quantitative estimate of drug-likeness (QED) is 0.693. The number of aromatic nitrogens is 2. The normalized spacial score (nSPS) is 12.7. The van der Waals surface area contributed by atoms with Crippen molar-refractivity contribution in [2.24, 2.45) is 0 Å². The van der Waals surface area contributed by atoms with Crippen molar-refractivity contribution in [2.75, 3.05) is 18.7 Å². The molecule has 1 aliphatic rings. The first kappa shape index (κ1) is 16.0. The van der Waals surface area contributed by atoms with Crippen LogP contribution in [-0.4, -0.2) is 29.5 Å². The van der Waals surface area contributed by atoms with E-state index in [0.717, 1.165) is 33.7 Å². The van der Waals surface area contributed by atoms with E-state index in [1.54, 1.807) is 6.92 Å². The molecule has 7 nitrogen and oxygen atoms in total. The lowest BCUT2D eigenvalue weighted by atomic mass is 10.1. The van der Waals surface area contributed by atoms with Crippen LogP contribution in [0, 0.1) is 0 Å². The summed E-state index contributed by atoms with van der Waals surface area (Å²) in [5, 5.41) is 2.56. The number of anilines is 1. The van der Waals surface area contributed by atoms with Crippen LogP contribution < -0.4 is 14.8 Å². The SMILES string of the molecule is CCOC(=O)Nc1nc2ccc(/C=C/c3ccc4c(c3)OCO4)cc2[nH]1. The first-order valence-corrected chi connectivity index (χ1v) is 8.22. The summed E-state index contributed by atoms with van der Waals surface area (Å²) in [6.07, 6.45) is 3.46. The minimum Gasteiger partial charge on any atom is -0.454 e. The van der Waals surface area contributed by atoms with Crippen LogP contribution in [0.25, 0.3) is 23.2 Å². The number of carbonyl (C=O) groups excluding carboxylic acids is 1. The minimum atomic E-state index is -0.533. The van der Waals surface area contributed by atoms with Gasteiger partial charge >= 0.3 is 6.09 Å². The summed E-state index contributed by atoms with van der Waals surface area (Å²) < 4.78 is 15.5. The molecule has 0 saturated heterocycles. The van der Waals surface area contributed by atoms with Crippen molar-refractivity contribution in [1.82, 2.24) is 9.97 Å². The van der Waals surface area contributed by atoms with Gasteiger partial charge in [0.1, 0.15) is 0 Å². The Morgan fingerprint density at radius 1 is 1.19 bits per heavy atom. The van der Waals surface area contributed by atoms with Crippen LogP contribution in [-0.2, 0) is 4.74 Å². The zero-order valence-electron chi connectivity index (χ0n) is 14.1. The average molecular weight is 351 g/mol.